The van der Waals surface area contributed by atoms with Crippen molar-refractivity contribution in [1.82, 2.24) is 15.3 Å². The van der Waals surface area contributed by atoms with Crippen molar-refractivity contribution < 1.29 is 24.2 Å². The van der Waals surface area contributed by atoms with Gasteiger partial charge in [0.05, 0.1) is 37.6 Å². The Bertz CT molecular complexity index is 1590. The highest BCUT2D eigenvalue weighted by Gasteiger charge is 2.44. The van der Waals surface area contributed by atoms with Crippen LogP contribution in [0.25, 0.3) is 10.2 Å². The molecule has 9 nitrogen and oxygen atoms in total. The third-order valence-electron chi connectivity index (χ3n) is 9.78. The van der Waals surface area contributed by atoms with Gasteiger partial charge in [0.25, 0.3) is 0 Å². The van der Waals surface area contributed by atoms with Gasteiger partial charge in [0.1, 0.15) is 17.8 Å². The second kappa shape index (κ2) is 16.4. The highest BCUT2D eigenvalue weighted by molar-refractivity contribution is 7.16. The lowest BCUT2D eigenvalue weighted by atomic mass is 9.73. The van der Waals surface area contributed by atoms with E-state index in [4.69, 9.17) is 4.42 Å². The van der Waals surface area contributed by atoms with Gasteiger partial charge in [-0.15, -0.1) is 0 Å². The zero-order chi connectivity index (χ0) is 33.3. The average Bonchev–Trinajstić information content (AvgIpc) is 3.70. The van der Waals surface area contributed by atoms with Crippen molar-refractivity contribution in [1.29, 1.82) is 0 Å². The zero-order valence-corrected chi connectivity index (χ0v) is 28.9. The van der Waals surface area contributed by atoms with Crippen molar-refractivity contribution in [2.45, 2.75) is 95.3 Å². The van der Waals surface area contributed by atoms with Crippen LogP contribution in [0.5, 0.6) is 5.75 Å². The minimum absolute atomic E-state index is 0.0218. The number of benzene rings is 2. The number of H-pyrrole nitrogens is 1. The molecule has 2 atom stereocenters. The van der Waals surface area contributed by atoms with Crippen LogP contribution in [0.3, 0.4) is 0 Å². The molecular formula is C37H53N4O5S+. The Morgan fingerprint density at radius 3 is 2.47 bits per heavy atom. The highest BCUT2D eigenvalue weighted by Crippen LogP contribution is 2.43. The average molecular weight is 666 g/mol. The molecule has 0 bridgehead atoms. The predicted molar refractivity (Wildman–Crippen MR) is 187 cm³/mol. The van der Waals surface area contributed by atoms with Crippen LogP contribution in [-0.2, 0) is 12.1 Å². The first kappa shape index (κ1) is 35.3. The molecule has 1 saturated carbocycles. The van der Waals surface area contributed by atoms with E-state index in [9.17, 15) is 20.1 Å². The minimum atomic E-state index is -1.19. The Morgan fingerprint density at radius 2 is 1.72 bits per heavy atom. The number of aliphatic hydroxyl groups excluding tert-OH is 1. The molecule has 0 aliphatic heterocycles. The molecule has 0 radical (unpaired) electrons. The van der Waals surface area contributed by atoms with Crippen molar-refractivity contribution in [2.75, 3.05) is 33.7 Å². The summed E-state index contributed by atoms with van der Waals surface area (Å²) in [5, 5.41) is 36.0. The molecule has 256 valence electrons. The number of aromatic hydroxyl groups is 1. The van der Waals surface area contributed by atoms with E-state index >= 15 is 0 Å². The van der Waals surface area contributed by atoms with E-state index < -0.39 is 11.7 Å². The first-order valence-corrected chi connectivity index (χ1v) is 18.3. The zero-order valence-electron chi connectivity index (χ0n) is 28.0. The number of oxazole rings is 1. The number of unbranched alkanes of at least 4 members (excludes halogenated alkanes) is 6. The van der Waals surface area contributed by atoms with Gasteiger partial charge in [-0.2, -0.15) is 0 Å². The Kier molecular flexibility index (Phi) is 12.3. The van der Waals surface area contributed by atoms with Crippen molar-refractivity contribution in [2.24, 2.45) is 5.92 Å². The fourth-order valence-electron chi connectivity index (χ4n) is 7.13. The van der Waals surface area contributed by atoms with Crippen LogP contribution in [0.2, 0.25) is 0 Å². The van der Waals surface area contributed by atoms with Gasteiger partial charge in [-0.1, -0.05) is 92.7 Å². The maximum atomic E-state index is 12.1. The van der Waals surface area contributed by atoms with Crippen molar-refractivity contribution in [3.05, 3.63) is 81.1 Å². The molecule has 0 saturated heterocycles. The maximum absolute atomic E-state index is 12.1. The number of quaternary nitrogens is 1. The molecule has 47 heavy (non-hydrogen) atoms. The molecule has 5 rings (SSSR count). The van der Waals surface area contributed by atoms with Gasteiger partial charge in [-0.3, -0.25) is 4.79 Å². The predicted octanol–water partition coefficient (Wildman–Crippen LogP) is 6.73. The van der Waals surface area contributed by atoms with Crippen LogP contribution < -0.4 is 10.2 Å². The quantitative estimate of drug-likeness (QED) is 0.0588. The summed E-state index contributed by atoms with van der Waals surface area (Å²) in [5.74, 6) is 1.40. The second-order valence-electron chi connectivity index (χ2n) is 14.0. The molecule has 4 aromatic rings. The molecule has 0 unspecified atom stereocenters. The lowest BCUT2D eigenvalue weighted by Crippen LogP contribution is -2.39. The van der Waals surface area contributed by atoms with Crippen LogP contribution in [0.1, 0.15) is 106 Å². The number of nitrogens with zero attached hydrogens (tertiary/aromatic N) is 2. The van der Waals surface area contributed by atoms with Crippen molar-refractivity contribution in [3.63, 3.8) is 0 Å². The number of nitrogens with one attached hydrogen (secondary N) is 2. The third-order valence-corrected chi connectivity index (χ3v) is 10.7. The number of hydrogen-bond acceptors (Lipinski definition) is 8. The summed E-state index contributed by atoms with van der Waals surface area (Å²) >= 11 is 1.01. The van der Waals surface area contributed by atoms with Gasteiger partial charge in [0.2, 0.25) is 5.89 Å². The van der Waals surface area contributed by atoms with Crippen LogP contribution >= 0.6 is 11.3 Å². The van der Waals surface area contributed by atoms with Gasteiger partial charge in [0.15, 0.2) is 11.4 Å². The maximum Gasteiger partial charge on any atom is 0.305 e. The minimum Gasteiger partial charge on any atom is -0.506 e. The Morgan fingerprint density at radius 1 is 1.02 bits per heavy atom. The number of hydrogen-bond donors (Lipinski definition) is 5. The van der Waals surface area contributed by atoms with E-state index in [1.807, 2.05) is 36.5 Å². The van der Waals surface area contributed by atoms with Crippen LogP contribution in [0.15, 0.2) is 57.9 Å². The molecule has 10 heteroatoms. The fourth-order valence-corrected chi connectivity index (χ4v) is 8.05. The van der Waals surface area contributed by atoms with Gasteiger partial charge in [-0.25, -0.2) is 4.98 Å². The summed E-state index contributed by atoms with van der Waals surface area (Å²) in [4.78, 5) is 18.8. The van der Waals surface area contributed by atoms with E-state index in [0.717, 1.165) is 91.7 Å². The normalized spacial score (nSPS) is 16.4. The Hall–Kier alpha value is -3.02. The monoisotopic (exact) mass is 665 g/mol. The van der Waals surface area contributed by atoms with E-state index in [-0.39, 0.29) is 16.5 Å². The summed E-state index contributed by atoms with van der Waals surface area (Å²) in [6.45, 7) is 3.04. The third kappa shape index (κ3) is 9.12. The number of aliphatic hydroxyl groups is 2. The largest absolute Gasteiger partial charge is 0.506 e. The SMILES string of the molecule is C[N+](C)(CCCCCCCCCNC[C@H](O)c1ccc(O)c2[nH]c(=O)sc12)Cc1cnc([C@](O)(c2ccccc2)C2CCCCC2)o1. The number of fused-ring (bicyclic) bond motifs is 1. The highest BCUT2D eigenvalue weighted by atomic mass is 32.1. The lowest BCUT2D eigenvalue weighted by molar-refractivity contribution is -0.904. The topological polar surface area (TPSA) is 132 Å². The molecule has 2 aromatic carbocycles. The first-order chi connectivity index (χ1) is 22.7. The summed E-state index contributed by atoms with van der Waals surface area (Å²) in [7, 11) is 4.47. The number of aromatic amines is 1. The lowest BCUT2D eigenvalue weighted by Gasteiger charge is -2.36. The molecule has 1 fully saturated rings. The van der Waals surface area contributed by atoms with E-state index in [1.165, 1.54) is 38.2 Å². The smallest absolute Gasteiger partial charge is 0.305 e. The van der Waals surface area contributed by atoms with Crippen molar-refractivity contribution >= 4 is 21.6 Å². The van der Waals surface area contributed by atoms with E-state index in [1.54, 1.807) is 6.07 Å². The fraction of sp³-hybridized carbons (Fsp3) is 0.568. The van der Waals surface area contributed by atoms with Gasteiger partial charge in [0, 0.05) is 18.0 Å². The number of thiazole rings is 1. The van der Waals surface area contributed by atoms with Crippen LogP contribution in [0, 0.1) is 5.92 Å². The summed E-state index contributed by atoms with van der Waals surface area (Å²) in [6.07, 6.45) is 14.7. The standard InChI is InChI=1S/C37H52N4O5S/c1-41(2,26-29-24-39-35(46-29)37(45,27-16-10-8-11-17-27)28-18-12-9-13-19-28)23-15-7-5-3-4-6-14-22-38-25-32(43)30-20-21-31(42)33-34(30)47-36(44)40-33/h8,10-11,16-17,20-21,24,28,32,38,43,45H,3-7,9,12-15,18-19,22-23,25-26H2,1-2H3,(H-,40,42,44)/p+1/t32-,37-/m0/s1. The summed E-state index contributed by atoms with van der Waals surface area (Å²) in [6, 6.07) is 13.1. The molecular weight excluding hydrogens is 612 g/mol. The van der Waals surface area contributed by atoms with Gasteiger partial charge < -0.3 is 34.5 Å². The summed E-state index contributed by atoms with van der Waals surface area (Å²) in [5.41, 5.74) is 0.729. The van der Waals surface area contributed by atoms with Crippen LogP contribution in [0.4, 0.5) is 0 Å². The molecule has 2 aromatic heterocycles. The van der Waals surface area contributed by atoms with Crippen molar-refractivity contribution in [3.8, 4) is 5.75 Å². The molecule has 1 aliphatic carbocycles. The summed E-state index contributed by atoms with van der Waals surface area (Å²) < 4.78 is 7.76. The van der Waals surface area contributed by atoms with Gasteiger partial charge in [-0.05, 0) is 50.3 Å². The van der Waals surface area contributed by atoms with E-state index in [0.29, 0.717) is 28.2 Å². The van der Waals surface area contributed by atoms with Gasteiger partial charge >= 0.3 is 4.87 Å². The second-order valence-corrected chi connectivity index (χ2v) is 15.0. The van der Waals surface area contributed by atoms with Crippen LogP contribution in [-0.4, -0.2) is 63.5 Å². The molecule has 5 N–H and O–H groups in total. The number of rotatable bonds is 18. The number of phenols is 1. The number of aromatic nitrogens is 2. The first-order valence-electron chi connectivity index (χ1n) is 17.5. The molecule has 0 spiro atoms. The Labute approximate surface area is 282 Å². The number of phenolic OH excluding ortho intramolecular Hbond substituents is 1. The van der Waals surface area contributed by atoms with E-state index in [2.05, 4.69) is 29.4 Å². The Balaban J connectivity index is 0.970. The molecule has 0 amide bonds. The molecule has 1 aliphatic rings. The molecule has 2 heterocycles.